The number of rotatable bonds is 2. The lowest BCUT2D eigenvalue weighted by molar-refractivity contribution is -0.125. The SMILES string of the molecule is Cc1cccc(NC(=O)C23CCC(C)(c4nc(C#N)c(C#N)nc42)C3(C)C)c1C. The lowest BCUT2D eigenvalue weighted by Gasteiger charge is -2.39. The zero-order chi connectivity index (χ0) is 21.2. The van der Waals surface area contributed by atoms with Gasteiger partial charge < -0.3 is 5.32 Å². The Morgan fingerprint density at radius 1 is 1.03 bits per heavy atom. The maximum absolute atomic E-state index is 13.8. The molecule has 1 aromatic heterocycles. The highest BCUT2D eigenvalue weighted by Gasteiger charge is 2.73. The highest BCUT2D eigenvalue weighted by atomic mass is 16.2. The van der Waals surface area contributed by atoms with Gasteiger partial charge in [-0.25, -0.2) is 9.97 Å². The van der Waals surface area contributed by atoms with Crippen LogP contribution in [-0.4, -0.2) is 15.9 Å². The molecule has 2 aromatic rings. The van der Waals surface area contributed by atoms with E-state index in [4.69, 9.17) is 0 Å². The molecule has 0 saturated heterocycles. The minimum atomic E-state index is -0.903. The van der Waals surface area contributed by atoms with Gasteiger partial charge in [-0.2, -0.15) is 10.5 Å². The van der Waals surface area contributed by atoms with E-state index in [0.717, 1.165) is 23.2 Å². The number of nitrogens with one attached hydrogen (secondary N) is 1. The van der Waals surface area contributed by atoms with Gasteiger partial charge >= 0.3 is 0 Å². The molecule has 0 aliphatic heterocycles. The second kappa shape index (κ2) is 5.87. The van der Waals surface area contributed by atoms with Crippen molar-refractivity contribution in [2.45, 2.75) is 58.3 Å². The van der Waals surface area contributed by atoms with Crippen molar-refractivity contribution in [1.29, 1.82) is 10.5 Å². The Hall–Kier alpha value is -3.25. The van der Waals surface area contributed by atoms with Crippen molar-refractivity contribution < 1.29 is 4.79 Å². The van der Waals surface area contributed by atoms with Crippen LogP contribution in [0.5, 0.6) is 0 Å². The molecule has 1 fully saturated rings. The number of amides is 1. The number of aryl methyl sites for hydroxylation is 1. The Labute approximate surface area is 170 Å². The van der Waals surface area contributed by atoms with Crippen LogP contribution in [0.3, 0.4) is 0 Å². The fourth-order valence-electron chi connectivity index (χ4n) is 5.26. The number of carbonyl (C=O) groups excluding carboxylic acids is 1. The first-order chi connectivity index (χ1) is 13.6. The van der Waals surface area contributed by atoms with Crippen LogP contribution < -0.4 is 5.32 Å². The summed E-state index contributed by atoms with van der Waals surface area (Å²) in [7, 11) is 0. The molecule has 2 aliphatic rings. The van der Waals surface area contributed by atoms with E-state index < -0.39 is 16.2 Å². The zero-order valence-electron chi connectivity index (χ0n) is 17.3. The molecule has 1 amide bonds. The fourth-order valence-corrected chi connectivity index (χ4v) is 5.26. The van der Waals surface area contributed by atoms with E-state index in [0.29, 0.717) is 17.8 Å². The highest BCUT2D eigenvalue weighted by molar-refractivity contribution is 6.02. The molecule has 29 heavy (non-hydrogen) atoms. The van der Waals surface area contributed by atoms with E-state index in [1.807, 2.05) is 44.2 Å². The molecular weight excluding hydrogens is 362 g/mol. The number of carbonyl (C=O) groups is 1. The minimum Gasteiger partial charge on any atom is -0.325 e. The number of nitrogens with zero attached hydrogens (tertiary/aromatic N) is 4. The van der Waals surface area contributed by atoms with E-state index in [9.17, 15) is 15.3 Å². The second-order valence-electron chi connectivity index (χ2n) is 8.91. The molecule has 146 valence electrons. The summed E-state index contributed by atoms with van der Waals surface area (Å²) in [5, 5.41) is 22.0. The molecule has 1 saturated carbocycles. The first-order valence-electron chi connectivity index (χ1n) is 9.75. The first kappa shape index (κ1) is 19.1. The summed E-state index contributed by atoms with van der Waals surface area (Å²) in [4.78, 5) is 22.9. The van der Waals surface area contributed by atoms with Gasteiger partial charge in [-0.05, 0) is 49.3 Å². The number of anilines is 1. The maximum atomic E-state index is 13.8. The quantitative estimate of drug-likeness (QED) is 0.847. The number of benzene rings is 1. The monoisotopic (exact) mass is 385 g/mol. The lowest BCUT2D eigenvalue weighted by atomic mass is 9.63. The smallest absolute Gasteiger partial charge is 0.237 e. The molecule has 0 radical (unpaired) electrons. The van der Waals surface area contributed by atoms with Crippen molar-refractivity contribution in [3.05, 3.63) is 52.1 Å². The Morgan fingerprint density at radius 3 is 2.28 bits per heavy atom. The fraction of sp³-hybridized carbons (Fsp3) is 0.435. The standard InChI is InChI=1S/C23H23N5O/c1-13-7-6-8-15(14(13)2)28-20(29)23-10-9-22(5,21(23,3)4)18-19(23)27-17(12-25)16(11-24)26-18/h6-8H,9-10H2,1-5H3,(H,28,29). The molecule has 2 atom stereocenters. The van der Waals surface area contributed by atoms with E-state index in [1.54, 1.807) is 0 Å². The van der Waals surface area contributed by atoms with Crippen LogP contribution in [0.25, 0.3) is 0 Å². The van der Waals surface area contributed by atoms with Gasteiger partial charge in [0.1, 0.15) is 12.1 Å². The number of nitriles is 2. The van der Waals surface area contributed by atoms with Gasteiger partial charge in [0.05, 0.1) is 16.8 Å². The number of fused-ring (bicyclic) bond motifs is 5. The molecule has 1 N–H and O–H groups in total. The van der Waals surface area contributed by atoms with E-state index >= 15 is 0 Å². The van der Waals surface area contributed by atoms with Gasteiger partial charge in [0.15, 0.2) is 11.4 Å². The van der Waals surface area contributed by atoms with Gasteiger partial charge in [0.25, 0.3) is 0 Å². The summed E-state index contributed by atoms with van der Waals surface area (Å²) in [6, 6.07) is 9.79. The van der Waals surface area contributed by atoms with Gasteiger partial charge in [0, 0.05) is 11.1 Å². The maximum Gasteiger partial charge on any atom is 0.237 e. The summed E-state index contributed by atoms with van der Waals surface area (Å²) >= 11 is 0. The van der Waals surface area contributed by atoms with E-state index in [-0.39, 0.29) is 17.3 Å². The minimum absolute atomic E-state index is 0.0166. The van der Waals surface area contributed by atoms with E-state index in [1.165, 1.54) is 0 Å². The summed E-state index contributed by atoms with van der Waals surface area (Å²) in [6.45, 7) is 10.2. The first-order valence-corrected chi connectivity index (χ1v) is 9.75. The second-order valence-corrected chi connectivity index (χ2v) is 8.91. The highest BCUT2D eigenvalue weighted by Crippen LogP contribution is 2.70. The van der Waals surface area contributed by atoms with Crippen LogP contribution in [-0.2, 0) is 15.6 Å². The predicted molar refractivity (Wildman–Crippen MR) is 108 cm³/mol. The van der Waals surface area contributed by atoms with Crippen molar-refractivity contribution in [2.75, 3.05) is 5.32 Å². The van der Waals surface area contributed by atoms with E-state index in [2.05, 4.69) is 36.1 Å². The molecule has 6 nitrogen and oxygen atoms in total. The summed E-state index contributed by atoms with van der Waals surface area (Å²) in [6.07, 6.45) is 1.41. The molecule has 0 spiro atoms. The lowest BCUT2D eigenvalue weighted by Crippen LogP contribution is -2.48. The molecule has 2 aliphatic carbocycles. The van der Waals surface area contributed by atoms with Gasteiger partial charge in [-0.15, -0.1) is 0 Å². The number of hydrogen-bond acceptors (Lipinski definition) is 5. The Morgan fingerprint density at radius 2 is 1.66 bits per heavy atom. The average molecular weight is 385 g/mol. The molecule has 2 bridgehead atoms. The van der Waals surface area contributed by atoms with Crippen molar-refractivity contribution in [1.82, 2.24) is 9.97 Å². The molecule has 1 aromatic carbocycles. The average Bonchev–Trinajstić information content (AvgIpc) is 2.99. The Bertz CT molecular complexity index is 1150. The molecule has 2 unspecified atom stereocenters. The van der Waals surface area contributed by atoms with Gasteiger partial charge in [0.2, 0.25) is 5.91 Å². The van der Waals surface area contributed by atoms with Crippen molar-refractivity contribution in [2.24, 2.45) is 5.41 Å². The third kappa shape index (κ3) is 2.12. The zero-order valence-corrected chi connectivity index (χ0v) is 17.3. The summed E-state index contributed by atoms with van der Waals surface area (Å²) in [5.74, 6) is -0.124. The topological polar surface area (TPSA) is 102 Å². The van der Waals surface area contributed by atoms with Crippen LogP contribution in [0.4, 0.5) is 5.69 Å². The normalized spacial score (nSPS) is 25.8. The Balaban J connectivity index is 1.92. The van der Waals surface area contributed by atoms with Crippen LogP contribution in [0.2, 0.25) is 0 Å². The van der Waals surface area contributed by atoms with Crippen LogP contribution >= 0.6 is 0 Å². The van der Waals surface area contributed by atoms with Crippen LogP contribution in [0.1, 0.15) is 67.5 Å². The predicted octanol–water partition coefficient (Wildman–Crippen LogP) is 3.80. The molecule has 4 rings (SSSR count). The van der Waals surface area contributed by atoms with Crippen LogP contribution in [0.15, 0.2) is 18.2 Å². The third-order valence-corrected chi connectivity index (χ3v) is 7.72. The van der Waals surface area contributed by atoms with Crippen molar-refractivity contribution in [3.8, 4) is 12.1 Å². The summed E-state index contributed by atoms with van der Waals surface area (Å²) < 4.78 is 0. The largest absolute Gasteiger partial charge is 0.325 e. The number of aromatic nitrogens is 2. The van der Waals surface area contributed by atoms with Crippen molar-refractivity contribution in [3.63, 3.8) is 0 Å². The van der Waals surface area contributed by atoms with Crippen molar-refractivity contribution >= 4 is 11.6 Å². The number of hydrogen-bond donors (Lipinski definition) is 1. The third-order valence-electron chi connectivity index (χ3n) is 7.72. The molecule has 1 heterocycles. The summed E-state index contributed by atoms with van der Waals surface area (Å²) in [5.41, 5.74) is 2.39. The van der Waals surface area contributed by atoms with Gasteiger partial charge in [-0.1, -0.05) is 32.9 Å². The van der Waals surface area contributed by atoms with Crippen LogP contribution in [0, 0.1) is 41.9 Å². The molecular formula is C23H23N5O. The van der Waals surface area contributed by atoms with Gasteiger partial charge in [-0.3, -0.25) is 4.79 Å². The Kier molecular flexibility index (Phi) is 3.87. The molecule has 6 heteroatoms.